The van der Waals surface area contributed by atoms with Crippen molar-refractivity contribution in [2.45, 2.75) is 32.1 Å². The molecule has 11 heavy (non-hydrogen) atoms. The summed E-state index contributed by atoms with van der Waals surface area (Å²) in [4.78, 5) is 11.2. The lowest BCUT2D eigenvalue weighted by molar-refractivity contribution is -0.119. The minimum atomic E-state index is 0.0900. The molecule has 0 aromatic rings. The maximum atomic E-state index is 11.2. The van der Waals surface area contributed by atoms with Crippen LogP contribution in [0.15, 0.2) is 12.3 Å². The molecular weight excluding hydrogens is 140 g/mol. The van der Waals surface area contributed by atoms with E-state index in [1.54, 1.807) is 0 Å². The summed E-state index contributed by atoms with van der Waals surface area (Å²) >= 11 is 0. The Labute approximate surface area is 66.9 Å². The van der Waals surface area contributed by atoms with Crippen molar-refractivity contribution >= 4 is 5.78 Å². The molecule has 2 heteroatoms. The van der Waals surface area contributed by atoms with Crippen molar-refractivity contribution in [1.82, 2.24) is 0 Å². The van der Waals surface area contributed by atoms with E-state index in [0.29, 0.717) is 0 Å². The average molecular weight is 154 g/mol. The number of carbonyl (C=O) groups excluding carboxylic acids is 1. The van der Waals surface area contributed by atoms with Gasteiger partial charge in [-0.15, -0.1) is 0 Å². The van der Waals surface area contributed by atoms with Crippen LogP contribution in [0.2, 0.25) is 0 Å². The number of aliphatic hydroxyl groups is 1. The third kappa shape index (κ3) is 2.37. The highest BCUT2D eigenvalue weighted by atomic mass is 16.2. The predicted molar refractivity (Wildman–Crippen MR) is 43.4 cm³/mol. The van der Waals surface area contributed by atoms with Gasteiger partial charge in [0.1, 0.15) is 0 Å². The highest BCUT2D eigenvalue weighted by Gasteiger charge is 2.18. The fraction of sp³-hybridized carbons (Fsp3) is 0.667. The fourth-order valence-electron chi connectivity index (χ4n) is 1.60. The lowest BCUT2D eigenvalue weighted by atomic mass is 9.86. The first-order valence-electron chi connectivity index (χ1n) is 4.19. The van der Waals surface area contributed by atoms with Gasteiger partial charge >= 0.3 is 0 Å². The average Bonchev–Trinajstić information content (AvgIpc) is 2.07. The van der Waals surface area contributed by atoms with Crippen molar-refractivity contribution < 1.29 is 9.90 Å². The van der Waals surface area contributed by atoms with Crippen LogP contribution in [0.25, 0.3) is 0 Å². The van der Waals surface area contributed by atoms with Crippen LogP contribution in [0.4, 0.5) is 0 Å². The molecule has 0 heterocycles. The maximum absolute atomic E-state index is 11.2. The topological polar surface area (TPSA) is 37.3 Å². The highest BCUT2D eigenvalue weighted by molar-refractivity contribution is 5.91. The largest absolute Gasteiger partial charge is 0.515 e. The van der Waals surface area contributed by atoms with Gasteiger partial charge in [-0.05, 0) is 12.8 Å². The fourth-order valence-corrected chi connectivity index (χ4v) is 1.60. The van der Waals surface area contributed by atoms with Crippen LogP contribution in [0, 0.1) is 5.92 Å². The number of hydrogen-bond donors (Lipinski definition) is 1. The number of carbonyl (C=O) groups is 1. The van der Waals surface area contributed by atoms with E-state index >= 15 is 0 Å². The molecule has 0 spiro atoms. The van der Waals surface area contributed by atoms with Gasteiger partial charge in [0, 0.05) is 12.0 Å². The van der Waals surface area contributed by atoms with Gasteiger partial charge in [0.05, 0.1) is 6.26 Å². The highest BCUT2D eigenvalue weighted by Crippen LogP contribution is 2.24. The Kier molecular flexibility index (Phi) is 3.14. The second-order valence-electron chi connectivity index (χ2n) is 3.05. The normalized spacial score (nSPS) is 20.7. The summed E-state index contributed by atoms with van der Waals surface area (Å²) in [5.74, 6) is 0.277. The van der Waals surface area contributed by atoms with Gasteiger partial charge in [0.15, 0.2) is 5.78 Å². The SMILES string of the molecule is O=C(C=CO)C1CCCCC1. The quantitative estimate of drug-likeness (QED) is 0.489. The zero-order chi connectivity index (χ0) is 8.10. The Balaban J connectivity index is 2.38. The van der Waals surface area contributed by atoms with Gasteiger partial charge in [-0.1, -0.05) is 19.3 Å². The van der Waals surface area contributed by atoms with Crippen molar-refractivity contribution in [3.8, 4) is 0 Å². The van der Waals surface area contributed by atoms with Crippen LogP contribution in [-0.4, -0.2) is 10.9 Å². The Morgan fingerprint density at radius 3 is 2.45 bits per heavy atom. The van der Waals surface area contributed by atoms with E-state index in [1.165, 1.54) is 12.5 Å². The van der Waals surface area contributed by atoms with Crippen LogP contribution in [-0.2, 0) is 4.79 Å². The number of aliphatic hydroxyl groups excluding tert-OH is 1. The van der Waals surface area contributed by atoms with Crippen molar-refractivity contribution in [3.05, 3.63) is 12.3 Å². The van der Waals surface area contributed by atoms with Crippen molar-refractivity contribution in [1.29, 1.82) is 0 Å². The molecule has 1 rings (SSSR count). The van der Waals surface area contributed by atoms with E-state index in [4.69, 9.17) is 5.11 Å². The molecule has 0 amide bonds. The lowest BCUT2D eigenvalue weighted by Gasteiger charge is -2.18. The summed E-state index contributed by atoms with van der Waals surface area (Å²) in [5, 5.41) is 8.37. The smallest absolute Gasteiger partial charge is 0.161 e. The van der Waals surface area contributed by atoms with Gasteiger partial charge < -0.3 is 5.11 Å². The van der Waals surface area contributed by atoms with Gasteiger partial charge in [0.2, 0.25) is 0 Å². The lowest BCUT2D eigenvalue weighted by Crippen LogP contribution is -2.15. The van der Waals surface area contributed by atoms with E-state index in [0.717, 1.165) is 31.9 Å². The molecule has 1 aliphatic rings. The summed E-state index contributed by atoms with van der Waals surface area (Å²) in [6.07, 6.45) is 7.71. The zero-order valence-corrected chi connectivity index (χ0v) is 6.62. The van der Waals surface area contributed by atoms with E-state index in [2.05, 4.69) is 0 Å². The van der Waals surface area contributed by atoms with Crippen LogP contribution in [0.1, 0.15) is 32.1 Å². The second kappa shape index (κ2) is 4.16. The third-order valence-corrected chi connectivity index (χ3v) is 2.25. The number of rotatable bonds is 2. The molecule has 0 atom stereocenters. The first-order valence-corrected chi connectivity index (χ1v) is 4.19. The van der Waals surface area contributed by atoms with Crippen LogP contribution < -0.4 is 0 Å². The van der Waals surface area contributed by atoms with E-state index in [-0.39, 0.29) is 11.7 Å². The van der Waals surface area contributed by atoms with Crippen LogP contribution in [0.3, 0.4) is 0 Å². The molecule has 1 aliphatic carbocycles. The molecule has 0 radical (unpaired) electrons. The van der Waals surface area contributed by atoms with Gasteiger partial charge in [-0.3, -0.25) is 4.79 Å². The van der Waals surface area contributed by atoms with E-state index in [9.17, 15) is 4.79 Å². The van der Waals surface area contributed by atoms with Crippen molar-refractivity contribution in [2.24, 2.45) is 5.92 Å². The number of ketones is 1. The molecule has 1 saturated carbocycles. The molecule has 0 aromatic carbocycles. The van der Waals surface area contributed by atoms with Crippen molar-refractivity contribution in [3.63, 3.8) is 0 Å². The summed E-state index contributed by atoms with van der Waals surface area (Å²) in [5.41, 5.74) is 0. The molecule has 0 saturated heterocycles. The molecule has 0 aliphatic heterocycles. The van der Waals surface area contributed by atoms with Crippen LogP contribution >= 0.6 is 0 Å². The zero-order valence-electron chi connectivity index (χ0n) is 6.62. The molecule has 0 bridgehead atoms. The number of allylic oxidation sites excluding steroid dienone is 1. The van der Waals surface area contributed by atoms with E-state index < -0.39 is 0 Å². The first kappa shape index (κ1) is 8.31. The molecule has 62 valence electrons. The van der Waals surface area contributed by atoms with Gasteiger partial charge in [-0.2, -0.15) is 0 Å². The second-order valence-corrected chi connectivity index (χ2v) is 3.05. The van der Waals surface area contributed by atoms with E-state index in [1.807, 2.05) is 0 Å². The number of hydrogen-bond acceptors (Lipinski definition) is 2. The molecule has 2 nitrogen and oxygen atoms in total. The Morgan fingerprint density at radius 2 is 1.91 bits per heavy atom. The Morgan fingerprint density at radius 1 is 1.27 bits per heavy atom. The monoisotopic (exact) mass is 154 g/mol. The maximum Gasteiger partial charge on any atom is 0.161 e. The first-order chi connectivity index (χ1) is 5.34. The van der Waals surface area contributed by atoms with Crippen LogP contribution in [0.5, 0.6) is 0 Å². The summed E-state index contributed by atoms with van der Waals surface area (Å²) in [6, 6.07) is 0. The molecule has 0 unspecified atom stereocenters. The third-order valence-electron chi connectivity index (χ3n) is 2.25. The van der Waals surface area contributed by atoms with Gasteiger partial charge in [0.25, 0.3) is 0 Å². The van der Waals surface area contributed by atoms with Gasteiger partial charge in [-0.25, -0.2) is 0 Å². The Hall–Kier alpha value is -0.790. The summed E-state index contributed by atoms with van der Waals surface area (Å²) < 4.78 is 0. The molecule has 1 N–H and O–H groups in total. The summed E-state index contributed by atoms with van der Waals surface area (Å²) in [7, 11) is 0. The summed E-state index contributed by atoms with van der Waals surface area (Å²) in [6.45, 7) is 0. The molecular formula is C9H14O2. The predicted octanol–water partition coefficient (Wildman–Crippen LogP) is 2.21. The standard InChI is InChI=1S/C9H14O2/c10-7-6-9(11)8-4-2-1-3-5-8/h6-8,10H,1-5H2. The minimum Gasteiger partial charge on any atom is -0.515 e. The van der Waals surface area contributed by atoms with Crippen molar-refractivity contribution in [2.75, 3.05) is 0 Å². The molecule has 1 fully saturated rings. The Bertz CT molecular complexity index is 155. The minimum absolute atomic E-state index is 0.0900. The molecule has 0 aromatic heterocycles.